The molecule has 2 aromatic carbocycles. The highest BCUT2D eigenvalue weighted by Gasteiger charge is 2.20. The summed E-state index contributed by atoms with van der Waals surface area (Å²) in [5.41, 5.74) is 1.35. The average molecular weight is 431 g/mol. The molecule has 1 aliphatic heterocycles. The smallest absolute Gasteiger partial charge is 0.258 e. The minimum Gasteiger partial charge on any atom is -0.484 e. The van der Waals surface area contributed by atoms with Gasteiger partial charge in [-0.15, -0.1) is 0 Å². The molecule has 0 bridgehead atoms. The summed E-state index contributed by atoms with van der Waals surface area (Å²) in [6.45, 7) is 7.36. The number of amides is 1. The van der Waals surface area contributed by atoms with E-state index >= 15 is 0 Å². The highest BCUT2D eigenvalue weighted by atomic mass is 79.9. The van der Waals surface area contributed by atoms with Crippen LogP contribution < -0.4 is 10.1 Å². The van der Waals surface area contributed by atoms with E-state index in [1.54, 1.807) is 0 Å². The highest BCUT2D eigenvalue weighted by Crippen LogP contribution is 2.24. The third-order valence-electron chi connectivity index (χ3n) is 4.85. The molecule has 4 nitrogen and oxygen atoms in total. The topological polar surface area (TPSA) is 41.6 Å². The van der Waals surface area contributed by atoms with Gasteiger partial charge < -0.3 is 10.1 Å². The Morgan fingerprint density at radius 3 is 2.63 bits per heavy atom. The van der Waals surface area contributed by atoms with Crippen molar-refractivity contribution in [2.24, 2.45) is 0 Å². The number of nitrogens with one attached hydrogen (secondary N) is 1. The van der Waals surface area contributed by atoms with Crippen molar-refractivity contribution in [3.8, 4) is 5.75 Å². The number of hydrogen-bond donors (Lipinski definition) is 1. The standard InChI is InChI=1S/C22H27BrN2O2/c1-16(2)7-10-25-11-8-20(9-12-25)24-22(26)15-27-21-6-4-17-13-19(23)5-3-18(17)14-21/h3-7,13-14,20H,8-12,15H2,1-2H3,(H,24,26). The van der Waals surface area contributed by atoms with Gasteiger partial charge in [-0.1, -0.05) is 39.7 Å². The van der Waals surface area contributed by atoms with Gasteiger partial charge in [0.25, 0.3) is 5.91 Å². The first-order valence-corrected chi connectivity index (χ1v) is 10.3. The van der Waals surface area contributed by atoms with Gasteiger partial charge in [-0.3, -0.25) is 9.69 Å². The maximum Gasteiger partial charge on any atom is 0.258 e. The summed E-state index contributed by atoms with van der Waals surface area (Å²) in [6.07, 6.45) is 4.25. The molecule has 5 heteroatoms. The molecule has 0 unspecified atom stereocenters. The zero-order chi connectivity index (χ0) is 19.2. The first-order chi connectivity index (χ1) is 13.0. The van der Waals surface area contributed by atoms with Crippen LogP contribution in [0.25, 0.3) is 10.8 Å². The minimum absolute atomic E-state index is 0.0475. The van der Waals surface area contributed by atoms with Crippen molar-refractivity contribution in [3.05, 3.63) is 52.5 Å². The molecule has 3 rings (SSSR count). The van der Waals surface area contributed by atoms with E-state index in [2.05, 4.69) is 52.1 Å². The van der Waals surface area contributed by atoms with Gasteiger partial charge in [-0.05, 0) is 61.7 Å². The number of nitrogens with zero attached hydrogens (tertiary/aromatic N) is 1. The predicted octanol–water partition coefficient (Wildman–Crippen LogP) is 4.53. The van der Waals surface area contributed by atoms with E-state index in [0.717, 1.165) is 53.5 Å². The van der Waals surface area contributed by atoms with Crippen LogP contribution in [0.2, 0.25) is 0 Å². The third-order valence-corrected chi connectivity index (χ3v) is 5.35. The number of hydrogen-bond acceptors (Lipinski definition) is 3. The number of rotatable bonds is 6. The Morgan fingerprint density at radius 2 is 1.89 bits per heavy atom. The molecular formula is C22H27BrN2O2. The Kier molecular flexibility index (Phi) is 6.91. The number of ether oxygens (including phenoxy) is 1. The van der Waals surface area contributed by atoms with Crippen LogP contribution in [0.4, 0.5) is 0 Å². The van der Waals surface area contributed by atoms with Gasteiger partial charge in [0.05, 0.1) is 0 Å². The van der Waals surface area contributed by atoms with Crippen molar-refractivity contribution in [1.29, 1.82) is 0 Å². The quantitative estimate of drug-likeness (QED) is 0.684. The first kappa shape index (κ1) is 19.9. The lowest BCUT2D eigenvalue weighted by Crippen LogP contribution is -2.45. The second-order valence-corrected chi connectivity index (χ2v) is 8.28. The molecule has 0 saturated carbocycles. The van der Waals surface area contributed by atoms with Crippen molar-refractivity contribution in [1.82, 2.24) is 10.2 Å². The lowest BCUT2D eigenvalue weighted by atomic mass is 10.0. The number of fused-ring (bicyclic) bond motifs is 1. The SMILES string of the molecule is CC(C)=CCN1CCC(NC(=O)COc2ccc3cc(Br)ccc3c2)CC1. The van der Waals surface area contributed by atoms with E-state index in [1.165, 1.54) is 5.57 Å². The Morgan fingerprint density at radius 1 is 1.19 bits per heavy atom. The van der Waals surface area contributed by atoms with Gasteiger partial charge in [-0.2, -0.15) is 0 Å². The largest absolute Gasteiger partial charge is 0.484 e. The molecule has 0 radical (unpaired) electrons. The van der Waals surface area contributed by atoms with Crippen LogP contribution in [-0.2, 0) is 4.79 Å². The van der Waals surface area contributed by atoms with Gasteiger partial charge in [0.15, 0.2) is 6.61 Å². The number of carbonyl (C=O) groups excluding carboxylic acids is 1. The van der Waals surface area contributed by atoms with Crippen LogP contribution in [0.1, 0.15) is 26.7 Å². The first-order valence-electron chi connectivity index (χ1n) is 9.47. The Balaban J connectivity index is 1.44. The van der Waals surface area contributed by atoms with Crippen LogP contribution in [0.5, 0.6) is 5.75 Å². The van der Waals surface area contributed by atoms with Gasteiger partial charge in [0, 0.05) is 30.1 Å². The molecule has 1 aliphatic rings. The van der Waals surface area contributed by atoms with E-state index in [0.29, 0.717) is 0 Å². The maximum absolute atomic E-state index is 12.2. The summed E-state index contributed by atoms with van der Waals surface area (Å²) < 4.78 is 6.74. The van der Waals surface area contributed by atoms with Crippen molar-refractivity contribution < 1.29 is 9.53 Å². The molecule has 1 fully saturated rings. The summed E-state index contributed by atoms with van der Waals surface area (Å²) in [4.78, 5) is 14.7. The normalized spacial score (nSPS) is 15.5. The van der Waals surface area contributed by atoms with Crippen molar-refractivity contribution >= 4 is 32.6 Å². The van der Waals surface area contributed by atoms with Crippen LogP contribution in [0.3, 0.4) is 0 Å². The number of carbonyl (C=O) groups is 1. The van der Waals surface area contributed by atoms with Crippen LogP contribution in [0.15, 0.2) is 52.5 Å². The fourth-order valence-electron chi connectivity index (χ4n) is 3.27. The highest BCUT2D eigenvalue weighted by molar-refractivity contribution is 9.10. The molecule has 1 amide bonds. The van der Waals surface area contributed by atoms with Crippen molar-refractivity contribution in [2.45, 2.75) is 32.7 Å². The molecule has 2 aromatic rings. The Bertz CT molecular complexity index is 822. The fourth-order valence-corrected chi connectivity index (χ4v) is 3.65. The van der Waals surface area contributed by atoms with E-state index in [9.17, 15) is 4.79 Å². The van der Waals surface area contributed by atoms with E-state index in [4.69, 9.17) is 4.74 Å². The third kappa shape index (κ3) is 6.08. The second kappa shape index (κ2) is 9.38. The number of benzene rings is 2. The number of halogens is 1. The summed E-state index contributed by atoms with van der Waals surface area (Å²) in [5, 5.41) is 5.34. The van der Waals surface area contributed by atoms with Crippen molar-refractivity contribution in [3.63, 3.8) is 0 Å². The Hall–Kier alpha value is -1.85. The second-order valence-electron chi connectivity index (χ2n) is 7.37. The van der Waals surface area contributed by atoms with Gasteiger partial charge in [0.2, 0.25) is 0 Å². The molecule has 144 valence electrons. The molecule has 0 aliphatic carbocycles. The molecule has 1 heterocycles. The Labute approximate surface area is 169 Å². The van der Waals surface area contributed by atoms with E-state index in [-0.39, 0.29) is 18.6 Å². The number of likely N-dealkylation sites (tertiary alicyclic amines) is 1. The molecule has 0 atom stereocenters. The zero-order valence-corrected chi connectivity index (χ0v) is 17.6. The minimum atomic E-state index is -0.0475. The molecule has 0 aromatic heterocycles. The fraction of sp³-hybridized carbons (Fsp3) is 0.409. The van der Waals surface area contributed by atoms with Crippen LogP contribution in [-0.4, -0.2) is 43.1 Å². The van der Waals surface area contributed by atoms with Gasteiger partial charge in [-0.25, -0.2) is 0 Å². The zero-order valence-electron chi connectivity index (χ0n) is 16.0. The maximum atomic E-state index is 12.2. The predicted molar refractivity (Wildman–Crippen MR) is 114 cm³/mol. The molecule has 27 heavy (non-hydrogen) atoms. The van der Waals surface area contributed by atoms with Gasteiger partial charge in [0.1, 0.15) is 5.75 Å². The lowest BCUT2D eigenvalue weighted by molar-refractivity contribution is -0.124. The van der Waals surface area contributed by atoms with E-state index < -0.39 is 0 Å². The monoisotopic (exact) mass is 430 g/mol. The van der Waals surface area contributed by atoms with Gasteiger partial charge >= 0.3 is 0 Å². The van der Waals surface area contributed by atoms with Crippen molar-refractivity contribution in [2.75, 3.05) is 26.2 Å². The average Bonchev–Trinajstić information content (AvgIpc) is 2.65. The summed E-state index contributed by atoms with van der Waals surface area (Å²) in [7, 11) is 0. The number of allylic oxidation sites excluding steroid dienone is 1. The summed E-state index contributed by atoms with van der Waals surface area (Å²) >= 11 is 3.48. The van der Waals surface area contributed by atoms with E-state index in [1.807, 2.05) is 30.3 Å². The lowest BCUT2D eigenvalue weighted by Gasteiger charge is -2.31. The molecular weight excluding hydrogens is 404 g/mol. The molecule has 0 spiro atoms. The summed E-state index contributed by atoms with van der Waals surface area (Å²) in [6, 6.07) is 12.2. The number of piperidine rings is 1. The molecule has 1 N–H and O–H groups in total. The van der Waals surface area contributed by atoms with Crippen LogP contribution in [0, 0.1) is 0 Å². The molecule has 1 saturated heterocycles. The van der Waals surface area contributed by atoms with Crippen LogP contribution >= 0.6 is 15.9 Å². The summed E-state index contributed by atoms with van der Waals surface area (Å²) in [5.74, 6) is 0.671.